The molecule has 0 saturated heterocycles. The summed E-state index contributed by atoms with van der Waals surface area (Å²) in [7, 11) is 1.86. The van der Waals surface area contributed by atoms with Crippen molar-refractivity contribution in [3.8, 4) is 11.3 Å². The number of benzene rings is 2. The van der Waals surface area contributed by atoms with E-state index < -0.39 is 0 Å². The Labute approximate surface area is 166 Å². The second kappa shape index (κ2) is 9.85. The van der Waals surface area contributed by atoms with Crippen LogP contribution in [0.5, 0.6) is 0 Å². The van der Waals surface area contributed by atoms with Crippen LogP contribution in [0.1, 0.15) is 40.9 Å². The van der Waals surface area contributed by atoms with Gasteiger partial charge in [-0.05, 0) is 43.0 Å². The van der Waals surface area contributed by atoms with E-state index in [-0.39, 0.29) is 5.91 Å². The predicted molar refractivity (Wildman–Crippen MR) is 113 cm³/mol. The number of unbranched alkanes of at least 4 members (excludes halogenated alkanes) is 2. The Morgan fingerprint density at radius 2 is 1.79 bits per heavy atom. The van der Waals surface area contributed by atoms with Crippen molar-refractivity contribution >= 4 is 5.91 Å². The summed E-state index contributed by atoms with van der Waals surface area (Å²) in [6.07, 6.45) is 4.11. The number of nitrogens with one attached hydrogen (secondary N) is 1. The van der Waals surface area contributed by atoms with Gasteiger partial charge in [0.05, 0.1) is 5.69 Å². The van der Waals surface area contributed by atoms with Crippen LogP contribution in [0, 0.1) is 0 Å². The Morgan fingerprint density at radius 3 is 2.50 bits per heavy atom. The van der Waals surface area contributed by atoms with Crippen LogP contribution < -0.4 is 5.73 Å². The normalized spacial score (nSPS) is 10.8. The lowest BCUT2D eigenvalue weighted by molar-refractivity contribution is 0.0792. The third kappa shape index (κ3) is 5.30. The highest BCUT2D eigenvalue weighted by Gasteiger charge is 2.11. The zero-order chi connectivity index (χ0) is 19.8. The fraction of sp³-hybridized carbons (Fsp3) is 0.304. The summed E-state index contributed by atoms with van der Waals surface area (Å²) >= 11 is 0. The second-order valence-corrected chi connectivity index (χ2v) is 7.08. The highest BCUT2D eigenvalue weighted by Crippen LogP contribution is 2.18. The van der Waals surface area contributed by atoms with Gasteiger partial charge in [-0.25, -0.2) is 0 Å². The molecule has 3 rings (SSSR count). The van der Waals surface area contributed by atoms with Crippen LogP contribution in [0.3, 0.4) is 0 Å². The van der Waals surface area contributed by atoms with Gasteiger partial charge < -0.3 is 10.6 Å². The van der Waals surface area contributed by atoms with E-state index in [9.17, 15) is 4.79 Å². The van der Waals surface area contributed by atoms with Gasteiger partial charge in [-0.3, -0.25) is 9.89 Å². The van der Waals surface area contributed by atoms with Crippen LogP contribution in [0.2, 0.25) is 0 Å². The van der Waals surface area contributed by atoms with Crippen molar-refractivity contribution in [2.24, 2.45) is 5.73 Å². The summed E-state index contributed by atoms with van der Waals surface area (Å²) in [6.45, 7) is 1.25. The maximum atomic E-state index is 12.4. The number of aryl methyl sites for hydroxylation is 1. The molecule has 3 aromatic rings. The van der Waals surface area contributed by atoms with Gasteiger partial charge >= 0.3 is 0 Å². The lowest BCUT2D eigenvalue weighted by Crippen LogP contribution is -2.27. The second-order valence-electron chi connectivity index (χ2n) is 7.08. The zero-order valence-electron chi connectivity index (χ0n) is 16.4. The average molecular weight is 377 g/mol. The van der Waals surface area contributed by atoms with Gasteiger partial charge in [0.2, 0.25) is 0 Å². The monoisotopic (exact) mass is 376 g/mol. The number of carbonyl (C=O) groups is 1. The molecule has 0 atom stereocenters. The van der Waals surface area contributed by atoms with Crippen molar-refractivity contribution in [1.29, 1.82) is 0 Å². The van der Waals surface area contributed by atoms with Crippen LogP contribution in [0.15, 0.2) is 60.7 Å². The third-order valence-corrected chi connectivity index (χ3v) is 4.92. The topological polar surface area (TPSA) is 75.0 Å². The molecule has 3 N–H and O–H groups in total. The van der Waals surface area contributed by atoms with Gasteiger partial charge in [0.1, 0.15) is 0 Å². The molecule has 0 radical (unpaired) electrons. The summed E-state index contributed by atoms with van der Waals surface area (Å²) in [5, 5.41) is 7.53. The molecule has 0 aliphatic rings. The molecule has 1 aromatic heterocycles. The van der Waals surface area contributed by atoms with Crippen LogP contribution in [0.25, 0.3) is 11.3 Å². The maximum absolute atomic E-state index is 12.4. The van der Waals surface area contributed by atoms with E-state index in [2.05, 4.69) is 28.4 Å². The number of H-pyrrole nitrogens is 1. The molecule has 0 spiro atoms. The molecule has 0 fully saturated rings. The number of nitrogens with two attached hydrogens (primary N) is 1. The largest absolute Gasteiger partial charge is 0.342 e. The van der Waals surface area contributed by atoms with E-state index in [0.717, 1.165) is 54.7 Å². The molecule has 0 bridgehead atoms. The van der Waals surface area contributed by atoms with E-state index in [1.165, 1.54) is 0 Å². The molecule has 1 heterocycles. The van der Waals surface area contributed by atoms with Crippen molar-refractivity contribution in [2.45, 2.75) is 32.2 Å². The minimum absolute atomic E-state index is 0.0599. The maximum Gasteiger partial charge on any atom is 0.253 e. The van der Waals surface area contributed by atoms with Crippen molar-refractivity contribution in [3.05, 3.63) is 77.5 Å². The lowest BCUT2D eigenvalue weighted by Gasteiger charge is -2.17. The molecule has 1 amide bonds. The van der Waals surface area contributed by atoms with Gasteiger partial charge in [0.15, 0.2) is 0 Å². The van der Waals surface area contributed by atoms with Crippen LogP contribution >= 0.6 is 0 Å². The molecule has 146 valence electrons. The Bertz CT molecular complexity index is 871. The lowest BCUT2D eigenvalue weighted by atomic mass is 10.1. The van der Waals surface area contributed by atoms with Crippen molar-refractivity contribution < 1.29 is 4.79 Å². The third-order valence-electron chi connectivity index (χ3n) is 4.92. The van der Waals surface area contributed by atoms with Gasteiger partial charge in [-0.1, -0.05) is 48.9 Å². The molecule has 5 heteroatoms. The summed E-state index contributed by atoms with van der Waals surface area (Å²) in [5.41, 5.74) is 10.6. The SMILES string of the molecule is CN(CCCCCc1cc(-c2ccccc2)n[nH]1)C(=O)c1ccc(CN)cc1. The van der Waals surface area contributed by atoms with Crippen molar-refractivity contribution in [2.75, 3.05) is 13.6 Å². The molecule has 5 nitrogen and oxygen atoms in total. The first-order valence-electron chi connectivity index (χ1n) is 9.81. The number of amides is 1. The van der Waals surface area contributed by atoms with E-state index >= 15 is 0 Å². The van der Waals surface area contributed by atoms with Crippen LogP contribution in [0.4, 0.5) is 0 Å². The summed E-state index contributed by atoms with van der Waals surface area (Å²) < 4.78 is 0. The molecule has 0 aliphatic carbocycles. The minimum Gasteiger partial charge on any atom is -0.342 e. The molecular weight excluding hydrogens is 348 g/mol. The van der Waals surface area contributed by atoms with Gasteiger partial charge in [0, 0.05) is 37.0 Å². The predicted octanol–water partition coefficient (Wildman–Crippen LogP) is 4.02. The van der Waals surface area contributed by atoms with Crippen molar-refractivity contribution in [1.82, 2.24) is 15.1 Å². The fourth-order valence-corrected chi connectivity index (χ4v) is 3.19. The Hall–Kier alpha value is -2.92. The Balaban J connectivity index is 1.38. The van der Waals surface area contributed by atoms with E-state index in [4.69, 9.17) is 5.73 Å². The zero-order valence-corrected chi connectivity index (χ0v) is 16.4. The van der Waals surface area contributed by atoms with E-state index in [0.29, 0.717) is 12.1 Å². The highest BCUT2D eigenvalue weighted by molar-refractivity contribution is 5.94. The van der Waals surface area contributed by atoms with E-state index in [1.54, 1.807) is 4.90 Å². The molecular formula is C23H28N4O. The van der Waals surface area contributed by atoms with Crippen LogP contribution in [-0.4, -0.2) is 34.6 Å². The molecule has 28 heavy (non-hydrogen) atoms. The van der Waals surface area contributed by atoms with Crippen LogP contribution in [-0.2, 0) is 13.0 Å². The average Bonchev–Trinajstić information content (AvgIpc) is 3.22. The minimum atomic E-state index is 0.0599. The Morgan fingerprint density at radius 1 is 1.04 bits per heavy atom. The molecule has 0 unspecified atom stereocenters. The highest BCUT2D eigenvalue weighted by atomic mass is 16.2. The first kappa shape index (κ1) is 19.8. The Kier molecular flexibility index (Phi) is 6.98. The number of carbonyl (C=O) groups excluding carboxylic acids is 1. The molecule has 0 aliphatic heterocycles. The number of hydrogen-bond acceptors (Lipinski definition) is 3. The summed E-state index contributed by atoms with van der Waals surface area (Å²) in [6, 6.07) is 19.8. The smallest absolute Gasteiger partial charge is 0.253 e. The molecule has 0 saturated carbocycles. The standard InChI is InChI=1S/C23H28N4O/c1-27(23(28)20-13-11-18(17-24)12-14-20)15-7-3-6-10-21-16-22(26-25-21)19-8-4-2-5-9-19/h2,4-5,8-9,11-14,16H,3,6-7,10,15,17,24H2,1H3,(H,25,26). The van der Waals surface area contributed by atoms with Gasteiger partial charge in [-0.15, -0.1) is 0 Å². The quantitative estimate of drug-likeness (QED) is 0.554. The summed E-state index contributed by atoms with van der Waals surface area (Å²) in [4.78, 5) is 14.2. The van der Waals surface area contributed by atoms with Gasteiger partial charge in [-0.2, -0.15) is 5.10 Å². The number of nitrogens with zero attached hydrogens (tertiary/aromatic N) is 2. The number of hydrogen-bond donors (Lipinski definition) is 2. The first-order chi connectivity index (χ1) is 13.7. The number of aromatic nitrogens is 2. The molecule has 2 aromatic carbocycles. The number of rotatable bonds is 9. The van der Waals surface area contributed by atoms with E-state index in [1.807, 2.05) is 49.5 Å². The number of aromatic amines is 1. The summed E-state index contributed by atoms with van der Waals surface area (Å²) in [5.74, 6) is 0.0599. The first-order valence-corrected chi connectivity index (χ1v) is 9.81. The van der Waals surface area contributed by atoms with Crippen molar-refractivity contribution in [3.63, 3.8) is 0 Å². The van der Waals surface area contributed by atoms with Gasteiger partial charge in [0.25, 0.3) is 5.91 Å². The fourth-order valence-electron chi connectivity index (χ4n) is 3.19.